The fourth-order valence-corrected chi connectivity index (χ4v) is 3.47. The van der Waals surface area contributed by atoms with Gasteiger partial charge in [0.1, 0.15) is 18.4 Å². The largest absolute Gasteiger partial charge is 0.489 e. The normalized spacial score (nSPS) is 17.9. The van der Waals surface area contributed by atoms with Gasteiger partial charge < -0.3 is 4.74 Å². The highest BCUT2D eigenvalue weighted by Gasteiger charge is 2.27. The molecule has 0 radical (unpaired) electrons. The molecule has 1 aromatic carbocycles. The summed E-state index contributed by atoms with van der Waals surface area (Å²) >= 11 is 6.05. The molecule has 1 atom stereocenters. The van der Waals surface area contributed by atoms with Gasteiger partial charge in [-0.3, -0.25) is 0 Å². The molecule has 0 aromatic heterocycles. The summed E-state index contributed by atoms with van der Waals surface area (Å²) in [5.41, 5.74) is 0.781. The molecule has 1 aliphatic heterocycles. The summed E-state index contributed by atoms with van der Waals surface area (Å²) in [5, 5.41) is 8.87. The first-order chi connectivity index (χ1) is 8.86. The van der Waals surface area contributed by atoms with Crippen molar-refractivity contribution in [2.45, 2.75) is 24.3 Å². The molecule has 102 valence electrons. The van der Waals surface area contributed by atoms with Gasteiger partial charge in [0, 0.05) is 19.0 Å². The van der Waals surface area contributed by atoms with Gasteiger partial charge in [0.15, 0.2) is 0 Å². The summed E-state index contributed by atoms with van der Waals surface area (Å²) < 4.78 is 31.0. The molecule has 0 unspecified atom stereocenters. The van der Waals surface area contributed by atoms with Crippen LogP contribution in [0.25, 0.3) is 0 Å². The Morgan fingerprint density at radius 1 is 1.58 bits per heavy atom. The van der Waals surface area contributed by atoms with E-state index in [-0.39, 0.29) is 22.6 Å². The average molecular weight is 301 g/mol. The third-order valence-corrected chi connectivity index (χ3v) is 4.98. The minimum atomic E-state index is -3.69. The molecule has 0 aliphatic carbocycles. The smallest absolute Gasteiger partial charge is 0.243 e. The molecule has 1 aliphatic rings. The molecule has 2 rings (SSSR count). The number of sulfonamides is 1. The lowest BCUT2D eigenvalue weighted by Crippen LogP contribution is -2.27. The molecular weight excluding hydrogens is 288 g/mol. The minimum absolute atomic E-state index is 0.0118. The van der Waals surface area contributed by atoms with Crippen LogP contribution in [0.2, 0.25) is 5.02 Å². The standard InChI is InChI=1S/C12H13ClN2O3S/c1-8-5-9-6-10(7-11(13)12(9)18-8)19(16,17)15(2)4-3-14/h6-8H,4-5H2,1-2H3/t8-/m1/s1. The van der Waals surface area contributed by atoms with Gasteiger partial charge in [0.2, 0.25) is 10.0 Å². The van der Waals surface area contributed by atoms with E-state index in [2.05, 4.69) is 0 Å². The second-order valence-corrected chi connectivity index (χ2v) is 6.90. The van der Waals surface area contributed by atoms with Gasteiger partial charge in [0.25, 0.3) is 0 Å². The van der Waals surface area contributed by atoms with Crippen LogP contribution >= 0.6 is 11.6 Å². The molecule has 0 saturated carbocycles. The Morgan fingerprint density at radius 3 is 2.89 bits per heavy atom. The molecule has 1 heterocycles. The third-order valence-electron chi connectivity index (χ3n) is 2.92. The molecule has 5 nitrogen and oxygen atoms in total. The minimum Gasteiger partial charge on any atom is -0.489 e. The number of hydrogen-bond donors (Lipinski definition) is 0. The number of hydrogen-bond acceptors (Lipinski definition) is 4. The van der Waals surface area contributed by atoms with Crippen LogP contribution in [0.5, 0.6) is 5.75 Å². The van der Waals surface area contributed by atoms with E-state index in [4.69, 9.17) is 21.6 Å². The molecule has 0 fully saturated rings. The first-order valence-corrected chi connectivity index (χ1v) is 7.50. The molecular formula is C12H13ClN2O3S. The lowest BCUT2D eigenvalue weighted by Gasteiger charge is -2.14. The van der Waals surface area contributed by atoms with Crippen LogP contribution in [-0.2, 0) is 16.4 Å². The van der Waals surface area contributed by atoms with Gasteiger partial charge in [-0.1, -0.05) is 11.6 Å². The van der Waals surface area contributed by atoms with Gasteiger partial charge >= 0.3 is 0 Å². The summed E-state index contributed by atoms with van der Waals surface area (Å²) in [7, 11) is -2.33. The second-order valence-electron chi connectivity index (χ2n) is 4.45. The Morgan fingerprint density at radius 2 is 2.26 bits per heavy atom. The Bertz CT molecular complexity index is 652. The van der Waals surface area contributed by atoms with E-state index in [1.807, 2.05) is 6.92 Å². The Labute approximate surface area is 117 Å². The van der Waals surface area contributed by atoms with Crippen LogP contribution in [0.15, 0.2) is 17.0 Å². The van der Waals surface area contributed by atoms with E-state index in [0.29, 0.717) is 12.2 Å². The van der Waals surface area contributed by atoms with Crippen molar-refractivity contribution in [1.29, 1.82) is 5.26 Å². The summed E-state index contributed by atoms with van der Waals surface area (Å²) in [6.07, 6.45) is 0.614. The van der Waals surface area contributed by atoms with Crippen LogP contribution in [0.1, 0.15) is 12.5 Å². The number of halogens is 1. The molecule has 0 saturated heterocycles. The molecule has 19 heavy (non-hydrogen) atoms. The molecule has 0 bridgehead atoms. The first-order valence-electron chi connectivity index (χ1n) is 5.68. The number of nitriles is 1. The van der Waals surface area contributed by atoms with Crippen LogP contribution < -0.4 is 4.74 Å². The molecule has 1 aromatic rings. The maximum Gasteiger partial charge on any atom is 0.243 e. The van der Waals surface area contributed by atoms with Crippen molar-refractivity contribution in [3.05, 3.63) is 22.7 Å². The van der Waals surface area contributed by atoms with E-state index < -0.39 is 10.0 Å². The topological polar surface area (TPSA) is 70.4 Å². The zero-order valence-corrected chi connectivity index (χ0v) is 12.1. The summed E-state index contributed by atoms with van der Waals surface area (Å²) in [6.45, 7) is 1.69. The Hall–Kier alpha value is -1.29. The summed E-state index contributed by atoms with van der Waals surface area (Å²) in [4.78, 5) is 0.0895. The van der Waals surface area contributed by atoms with Crippen LogP contribution in [0.4, 0.5) is 0 Å². The Balaban J connectivity index is 2.46. The molecule has 0 N–H and O–H groups in total. The summed E-state index contributed by atoms with van der Waals surface area (Å²) in [6, 6.07) is 4.73. The van der Waals surface area contributed by atoms with Crippen molar-refractivity contribution in [2.24, 2.45) is 0 Å². The zero-order valence-electron chi connectivity index (χ0n) is 10.6. The van der Waals surface area contributed by atoms with Crippen molar-refractivity contribution in [3.8, 4) is 11.8 Å². The monoisotopic (exact) mass is 300 g/mol. The first kappa shape index (κ1) is 14.1. The quantitative estimate of drug-likeness (QED) is 0.798. The maximum atomic E-state index is 12.2. The van der Waals surface area contributed by atoms with Gasteiger partial charge in [-0.05, 0) is 19.1 Å². The number of fused-ring (bicyclic) bond motifs is 1. The van der Waals surface area contributed by atoms with Crippen molar-refractivity contribution in [3.63, 3.8) is 0 Å². The van der Waals surface area contributed by atoms with E-state index in [0.717, 1.165) is 9.87 Å². The maximum absolute atomic E-state index is 12.2. The van der Waals surface area contributed by atoms with Gasteiger partial charge in [-0.2, -0.15) is 9.57 Å². The van der Waals surface area contributed by atoms with Crippen LogP contribution in [0, 0.1) is 11.3 Å². The van der Waals surface area contributed by atoms with Crippen molar-refractivity contribution >= 4 is 21.6 Å². The predicted molar refractivity (Wildman–Crippen MR) is 70.7 cm³/mol. The van der Waals surface area contributed by atoms with Gasteiger partial charge in [-0.25, -0.2) is 8.42 Å². The fourth-order valence-electron chi connectivity index (χ4n) is 1.97. The Kier molecular flexibility index (Phi) is 3.72. The molecule has 7 heteroatoms. The number of ether oxygens (including phenoxy) is 1. The second kappa shape index (κ2) is 5.00. The van der Waals surface area contributed by atoms with Gasteiger partial charge in [-0.15, -0.1) is 0 Å². The van der Waals surface area contributed by atoms with Gasteiger partial charge in [0.05, 0.1) is 16.0 Å². The summed E-state index contributed by atoms with van der Waals surface area (Å²) in [5.74, 6) is 0.552. The molecule has 0 spiro atoms. The zero-order chi connectivity index (χ0) is 14.2. The number of rotatable bonds is 3. The van der Waals surface area contributed by atoms with E-state index in [1.54, 1.807) is 12.1 Å². The van der Waals surface area contributed by atoms with Crippen LogP contribution in [0.3, 0.4) is 0 Å². The van der Waals surface area contributed by atoms with Crippen molar-refractivity contribution in [1.82, 2.24) is 4.31 Å². The molecule has 0 amide bonds. The lowest BCUT2D eigenvalue weighted by molar-refractivity contribution is 0.255. The van der Waals surface area contributed by atoms with Crippen molar-refractivity contribution < 1.29 is 13.2 Å². The number of nitrogens with zero attached hydrogens (tertiary/aromatic N) is 2. The number of benzene rings is 1. The SMILES string of the molecule is C[C@@H]1Cc2cc(S(=O)(=O)N(C)CC#N)cc(Cl)c2O1. The lowest BCUT2D eigenvalue weighted by atomic mass is 10.1. The van der Waals surface area contributed by atoms with Crippen LogP contribution in [-0.4, -0.2) is 32.4 Å². The fraction of sp³-hybridized carbons (Fsp3) is 0.417. The highest BCUT2D eigenvalue weighted by Crippen LogP contribution is 2.38. The highest BCUT2D eigenvalue weighted by molar-refractivity contribution is 7.89. The van der Waals surface area contributed by atoms with Crippen molar-refractivity contribution in [2.75, 3.05) is 13.6 Å². The van der Waals surface area contributed by atoms with E-state index in [9.17, 15) is 8.42 Å². The predicted octanol–water partition coefficient (Wildman–Crippen LogP) is 1.81. The van der Waals surface area contributed by atoms with E-state index in [1.165, 1.54) is 13.1 Å². The highest BCUT2D eigenvalue weighted by atomic mass is 35.5. The third kappa shape index (κ3) is 2.54. The van der Waals surface area contributed by atoms with E-state index >= 15 is 0 Å². The average Bonchev–Trinajstić information content (AvgIpc) is 2.70.